The third-order valence-corrected chi connectivity index (χ3v) is 6.73. The van der Waals surface area contributed by atoms with E-state index >= 15 is 0 Å². The van der Waals surface area contributed by atoms with Crippen molar-refractivity contribution in [3.05, 3.63) is 83.9 Å². The Labute approximate surface area is 221 Å². The first-order valence-corrected chi connectivity index (χ1v) is 12.8. The molecule has 196 valence electrons. The summed E-state index contributed by atoms with van der Waals surface area (Å²) in [6, 6.07) is 20.9. The number of rotatable bonds is 9. The molecule has 0 unspecified atom stereocenters. The van der Waals surface area contributed by atoms with Crippen molar-refractivity contribution in [1.29, 1.82) is 0 Å². The summed E-state index contributed by atoms with van der Waals surface area (Å²) in [6.45, 7) is 6.40. The van der Waals surface area contributed by atoms with Gasteiger partial charge in [-0.2, -0.15) is 0 Å². The highest BCUT2D eigenvalue weighted by Gasteiger charge is 2.60. The summed E-state index contributed by atoms with van der Waals surface area (Å²) in [6.07, 6.45) is -0.137. The van der Waals surface area contributed by atoms with Gasteiger partial charge in [0.2, 0.25) is 5.91 Å². The average Bonchev–Trinajstić information content (AvgIpc) is 3.44. The van der Waals surface area contributed by atoms with Gasteiger partial charge in [0.05, 0.1) is 30.6 Å². The van der Waals surface area contributed by atoms with Gasteiger partial charge in [-0.3, -0.25) is 19.2 Å². The second-order valence-electron chi connectivity index (χ2n) is 9.26. The van der Waals surface area contributed by atoms with E-state index in [1.165, 1.54) is 6.92 Å². The Morgan fingerprint density at radius 2 is 1.61 bits per heavy atom. The molecule has 0 aliphatic carbocycles. The molecule has 3 aromatic rings. The lowest BCUT2D eigenvalue weighted by Crippen LogP contribution is -2.37. The third-order valence-electron chi connectivity index (χ3n) is 6.73. The van der Waals surface area contributed by atoms with Crippen LogP contribution in [0.25, 0.3) is 0 Å². The summed E-state index contributed by atoms with van der Waals surface area (Å²) in [5, 5.41) is 1.65. The minimum atomic E-state index is -0.994. The van der Waals surface area contributed by atoms with Crippen LogP contribution in [0.2, 0.25) is 0 Å². The van der Waals surface area contributed by atoms with Crippen LogP contribution in [0.5, 0.6) is 11.5 Å². The Morgan fingerprint density at radius 3 is 2.26 bits per heavy atom. The topological polar surface area (TPSA) is 85.4 Å². The fourth-order valence-corrected chi connectivity index (χ4v) is 4.96. The Balaban J connectivity index is 1.55. The zero-order valence-electron chi connectivity index (χ0n) is 21.6. The van der Waals surface area contributed by atoms with Gasteiger partial charge in [-0.1, -0.05) is 31.2 Å². The molecular weight excluding hydrogens is 484 g/mol. The first kappa shape index (κ1) is 25.5. The number of anilines is 2. The Hall–Kier alpha value is -4.17. The summed E-state index contributed by atoms with van der Waals surface area (Å²) < 4.78 is 11.8. The highest BCUT2D eigenvalue weighted by Crippen LogP contribution is 2.48. The summed E-state index contributed by atoms with van der Waals surface area (Å²) >= 11 is 0. The first-order valence-electron chi connectivity index (χ1n) is 12.8. The number of Topliss-reactive ketones (excluding diaryl/α,β-unsaturated/α-hetero) is 1. The molecule has 3 atom stereocenters. The van der Waals surface area contributed by atoms with Gasteiger partial charge in [0.15, 0.2) is 23.4 Å². The van der Waals surface area contributed by atoms with Gasteiger partial charge in [-0.05, 0) is 74.4 Å². The number of hydroxylamine groups is 1. The molecule has 2 heterocycles. The smallest absolute Gasteiger partial charge is 0.266 e. The molecule has 2 amide bonds. The van der Waals surface area contributed by atoms with E-state index in [4.69, 9.17) is 14.3 Å². The van der Waals surface area contributed by atoms with Gasteiger partial charge in [0.25, 0.3) is 5.91 Å². The second-order valence-corrected chi connectivity index (χ2v) is 9.26. The molecule has 2 aliphatic rings. The molecule has 0 saturated carbocycles. The number of ether oxygens (including phenoxy) is 2. The number of benzene rings is 3. The number of fused-ring (bicyclic) bond motifs is 1. The zero-order chi connectivity index (χ0) is 26.8. The molecule has 0 radical (unpaired) electrons. The van der Waals surface area contributed by atoms with Crippen LogP contribution in [0, 0.1) is 5.92 Å². The van der Waals surface area contributed by atoms with E-state index in [-0.39, 0.29) is 11.7 Å². The van der Waals surface area contributed by atoms with Gasteiger partial charge in [-0.25, -0.2) is 9.96 Å². The zero-order valence-corrected chi connectivity index (χ0v) is 21.6. The van der Waals surface area contributed by atoms with Crippen molar-refractivity contribution >= 4 is 29.0 Å². The van der Waals surface area contributed by atoms with E-state index in [2.05, 4.69) is 0 Å². The number of amides is 2. The average molecular weight is 515 g/mol. The Bertz CT molecular complexity index is 1340. The summed E-state index contributed by atoms with van der Waals surface area (Å²) in [5.41, 5.74) is 2.41. The largest absolute Gasteiger partial charge is 0.490 e. The highest BCUT2D eigenvalue weighted by atomic mass is 16.7. The van der Waals surface area contributed by atoms with Crippen LogP contribution in [-0.4, -0.2) is 36.9 Å². The lowest BCUT2D eigenvalue weighted by atomic mass is 9.90. The van der Waals surface area contributed by atoms with Crippen LogP contribution in [0.4, 0.5) is 11.4 Å². The standard InChI is InChI=1S/C30H30N2O6/c1-4-17-37-24-16-13-21(18-25(24)36-5-2)27-26-28(38-32(27)23-9-7-6-8-10-23)30(35)31(29(26)34)22-14-11-20(12-15-22)19(3)33/h6-16,18,26-28H,4-5,17H2,1-3H3/t26-,27-,28-/m1/s1. The number of nitrogens with zero attached hydrogens (tertiary/aromatic N) is 2. The molecule has 5 rings (SSSR count). The van der Waals surface area contributed by atoms with Gasteiger partial charge in [-0.15, -0.1) is 0 Å². The maximum atomic E-state index is 13.9. The van der Waals surface area contributed by atoms with Crippen molar-refractivity contribution in [3.8, 4) is 11.5 Å². The minimum absolute atomic E-state index is 0.0918. The van der Waals surface area contributed by atoms with Crippen LogP contribution in [0.3, 0.4) is 0 Å². The third kappa shape index (κ3) is 4.52. The van der Waals surface area contributed by atoms with E-state index in [1.807, 2.05) is 62.4 Å². The van der Waals surface area contributed by atoms with Crippen LogP contribution in [0.15, 0.2) is 72.8 Å². The maximum Gasteiger partial charge on any atom is 0.266 e. The molecule has 0 N–H and O–H groups in total. The van der Waals surface area contributed by atoms with Crippen molar-refractivity contribution in [2.75, 3.05) is 23.2 Å². The Morgan fingerprint density at radius 1 is 0.868 bits per heavy atom. The molecule has 3 aromatic carbocycles. The number of ketones is 1. The number of imide groups is 1. The van der Waals surface area contributed by atoms with E-state index < -0.39 is 24.0 Å². The van der Waals surface area contributed by atoms with Gasteiger partial charge >= 0.3 is 0 Å². The van der Waals surface area contributed by atoms with Crippen molar-refractivity contribution in [1.82, 2.24) is 0 Å². The molecule has 2 aliphatic heterocycles. The predicted molar refractivity (Wildman–Crippen MR) is 142 cm³/mol. The second kappa shape index (κ2) is 10.7. The number of hydrogen-bond donors (Lipinski definition) is 0. The summed E-state index contributed by atoms with van der Waals surface area (Å²) in [4.78, 5) is 46.5. The van der Waals surface area contributed by atoms with E-state index in [0.717, 1.165) is 22.6 Å². The van der Waals surface area contributed by atoms with Crippen molar-refractivity contribution in [2.45, 2.75) is 39.3 Å². The quantitative estimate of drug-likeness (QED) is 0.289. The fourth-order valence-electron chi connectivity index (χ4n) is 4.96. The lowest BCUT2D eigenvalue weighted by molar-refractivity contribution is -0.126. The molecule has 0 bridgehead atoms. The normalized spacial score (nSPS) is 20.6. The minimum Gasteiger partial charge on any atom is -0.490 e. The van der Waals surface area contributed by atoms with Crippen LogP contribution >= 0.6 is 0 Å². The van der Waals surface area contributed by atoms with E-state index in [1.54, 1.807) is 29.3 Å². The number of hydrogen-bond acceptors (Lipinski definition) is 7. The van der Waals surface area contributed by atoms with Crippen molar-refractivity contribution in [2.24, 2.45) is 5.92 Å². The number of carbonyl (C=O) groups is 3. The molecule has 0 spiro atoms. The molecule has 0 aromatic heterocycles. The maximum absolute atomic E-state index is 13.9. The lowest BCUT2D eigenvalue weighted by Gasteiger charge is -2.29. The SMILES string of the molecule is CCCOc1ccc([C@@H]2[C@H]3C(=O)N(c4ccc(C(C)=O)cc4)C(=O)[C@@H]3ON2c2ccccc2)cc1OCC. The van der Waals surface area contributed by atoms with E-state index in [9.17, 15) is 14.4 Å². The molecule has 2 saturated heterocycles. The van der Waals surface area contributed by atoms with Crippen LogP contribution in [0.1, 0.15) is 49.2 Å². The first-order chi connectivity index (χ1) is 18.4. The highest BCUT2D eigenvalue weighted by molar-refractivity contribution is 6.24. The van der Waals surface area contributed by atoms with Gasteiger partial charge < -0.3 is 9.47 Å². The Kier molecular flexibility index (Phi) is 7.15. The number of para-hydroxylation sites is 1. The van der Waals surface area contributed by atoms with Crippen molar-refractivity contribution in [3.63, 3.8) is 0 Å². The van der Waals surface area contributed by atoms with Gasteiger partial charge in [0, 0.05) is 5.56 Å². The molecule has 8 nitrogen and oxygen atoms in total. The molecule has 2 fully saturated rings. The monoisotopic (exact) mass is 514 g/mol. The molecule has 8 heteroatoms. The van der Waals surface area contributed by atoms with Gasteiger partial charge in [0.1, 0.15) is 5.92 Å². The fraction of sp³-hybridized carbons (Fsp3) is 0.300. The van der Waals surface area contributed by atoms with Crippen LogP contribution < -0.4 is 19.4 Å². The number of carbonyl (C=O) groups excluding carboxylic acids is 3. The van der Waals surface area contributed by atoms with Crippen LogP contribution in [-0.2, 0) is 14.4 Å². The predicted octanol–water partition coefficient (Wildman–Crippen LogP) is 5.13. The molecular formula is C30H30N2O6. The summed E-state index contributed by atoms with van der Waals surface area (Å²) in [7, 11) is 0. The van der Waals surface area contributed by atoms with E-state index in [0.29, 0.717) is 36.0 Å². The molecule has 38 heavy (non-hydrogen) atoms. The summed E-state index contributed by atoms with van der Waals surface area (Å²) in [5.74, 6) is -0.475. The van der Waals surface area contributed by atoms with Crippen molar-refractivity contribution < 1.29 is 28.7 Å².